The number of nitrogens with one attached hydrogen (secondary N) is 1. The van der Waals surface area contributed by atoms with E-state index in [4.69, 9.17) is 4.74 Å². The van der Waals surface area contributed by atoms with Gasteiger partial charge in [-0.3, -0.25) is 19.3 Å². The van der Waals surface area contributed by atoms with Crippen LogP contribution in [-0.2, 0) is 23.9 Å². The van der Waals surface area contributed by atoms with Gasteiger partial charge in [-0.25, -0.2) is 4.79 Å². The second-order valence-corrected chi connectivity index (χ2v) is 11.3. The van der Waals surface area contributed by atoms with E-state index in [1.807, 2.05) is 13.0 Å². The molecule has 1 aromatic rings. The molecule has 31 heavy (non-hydrogen) atoms. The maximum absolute atomic E-state index is 13.0. The molecule has 1 heterocycles. The Morgan fingerprint density at radius 2 is 1.74 bits per heavy atom. The molecule has 2 bridgehead atoms. The Balaban J connectivity index is 1.36. The van der Waals surface area contributed by atoms with E-state index in [1.54, 1.807) is 12.1 Å². The summed E-state index contributed by atoms with van der Waals surface area (Å²) in [6.07, 6.45) is 0.820. The number of esters is 1. The summed E-state index contributed by atoms with van der Waals surface area (Å²) in [5, 5.41) is 2.66. The quantitative estimate of drug-likeness (QED) is 0.310. The number of carbonyl (C=O) groups is 4. The minimum atomic E-state index is -1.07. The third kappa shape index (κ3) is 3.88. The van der Waals surface area contributed by atoms with Crippen LogP contribution in [0.4, 0.5) is 5.69 Å². The highest BCUT2D eigenvalue weighted by Gasteiger charge is 2.67. The molecular weight excluding hydrogens is 600 g/mol. The third-order valence-corrected chi connectivity index (χ3v) is 10.6. The molecule has 0 spiro atoms. The van der Waals surface area contributed by atoms with Gasteiger partial charge in [0.1, 0.15) is 6.04 Å². The van der Waals surface area contributed by atoms with Crippen molar-refractivity contribution in [3.05, 3.63) is 28.2 Å². The zero-order valence-corrected chi connectivity index (χ0v) is 21.6. The number of hydrogen-bond acceptors (Lipinski definition) is 5. The molecular formula is C21H21Br3N2O5. The zero-order chi connectivity index (χ0) is 22.6. The average Bonchev–Trinajstić information content (AvgIpc) is 3.33. The Morgan fingerprint density at radius 3 is 2.29 bits per heavy atom. The molecule has 10 heteroatoms. The lowest BCUT2D eigenvalue weighted by molar-refractivity contribution is -0.159. The van der Waals surface area contributed by atoms with Gasteiger partial charge in [0, 0.05) is 19.8 Å². The van der Waals surface area contributed by atoms with Gasteiger partial charge in [-0.05, 0) is 55.9 Å². The number of ether oxygens (including phenoxy) is 1. The van der Waals surface area contributed by atoms with Crippen LogP contribution in [0.1, 0.15) is 18.9 Å². The highest BCUT2D eigenvalue weighted by atomic mass is 79.9. The van der Waals surface area contributed by atoms with Crippen LogP contribution in [0.3, 0.4) is 0 Å². The number of aryl methyl sites for hydroxylation is 1. The van der Waals surface area contributed by atoms with E-state index in [9.17, 15) is 19.2 Å². The van der Waals surface area contributed by atoms with Crippen LogP contribution in [0.25, 0.3) is 0 Å². The molecule has 0 aromatic heterocycles. The summed E-state index contributed by atoms with van der Waals surface area (Å²) in [6.45, 7) is 2.86. The molecule has 3 amide bonds. The minimum absolute atomic E-state index is 0.0733. The van der Waals surface area contributed by atoms with E-state index in [1.165, 1.54) is 6.92 Å². The summed E-state index contributed by atoms with van der Waals surface area (Å²) >= 11 is 10.7. The number of likely N-dealkylation sites (tertiary alicyclic amines) is 1. The van der Waals surface area contributed by atoms with Crippen LogP contribution in [-0.4, -0.2) is 50.9 Å². The molecule has 2 saturated carbocycles. The first-order valence-electron chi connectivity index (χ1n) is 9.99. The Labute approximate surface area is 205 Å². The lowest BCUT2D eigenvalue weighted by Crippen LogP contribution is -2.45. The number of nitrogens with zero attached hydrogens (tertiary/aromatic N) is 1. The van der Waals surface area contributed by atoms with Crippen molar-refractivity contribution in [3.63, 3.8) is 0 Å². The molecule has 0 radical (unpaired) electrons. The number of rotatable bonds is 5. The van der Waals surface area contributed by atoms with Gasteiger partial charge >= 0.3 is 5.97 Å². The SMILES string of the molecule is Cc1cc(NC(=O)COC(=O)[C@H](C)N2C(=O)[C@@H]3[C@H]4C[C@@H]([C@H](Br)[C@H]4Br)[C@H]3C2=O)ccc1Br. The van der Waals surface area contributed by atoms with Crippen LogP contribution in [0.2, 0.25) is 0 Å². The standard InChI is InChI=1S/C21H21Br3N2O5/c1-8-5-10(3-4-13(8)22)25-14(27)7-31-21(30)9(2)26-19(28)15-11-6-12(16(15)20(26)29)18(24)17(11)23/h3-5,9,11-12,15-18H,6-7H2,1-2H3,(H,25,27)/t9-,11+,12+,15+,16+,17-,18-/m0/s1. The topological polar surface area (TPSA) is 92.8 Å². The number of hydrogen-bond donors (Lipinski definition) is 1. The van der Waals surface area contributed by atoms with Crippen LogP contribution >= 0.6 is 47.8 Å². The number of alkyl halides is 2. The highest BCUT2D eigenvalue weighted by molar-refractivity contribution is 9.12. The van der Waals surface area contributed by atoms with Crippen molar-refractivity contribution in [1.29, 1.82) is 0 Å². The maximum atomic E-state index is 13.0. The first-order valence-corrected chi connectivity index (χ1v) is 12.6. The monoisotopic (exact) mass is 618 g/mol. The second-order valence-electron chi connectivity index (χ2n) is 8.35. The predicted octanol–water partition coefficient (Wildman–Crippen LogP) is 3.41. The lowest BCUT2D eigenvalue weighted by Gasteiger charge is -2.28. The van der Waals surface area contributed by atoms with Crippen molar-refractivity contribution in [2.75, 3.05) is 11.9 Å². The van der Waals surface area contributed by atoms with Crippen LogP contribution in [0, 0.1) is 30.6 Å². The van der Waals surface area contributed by atoms with Gasteiger partial charge in [-0.15, -0.1) is 0 Å². The van der Waals surface area contributed by atoms with E-state index in [0.29, 0.717) is 5.69 Å². The largest absolute Gasteiger partial charge is 0.454 e. The van der Waals surface area contributed by atoms with Crippen LogP contribution in [0.15, 0.2) is 22.7 Å². The van der Waals surface area contributed by atoms with Crippen LogP contribution in [0.5, 0.6) is 0 Å². The summed E-state index contributed by atoms with van der Waals surface area (Å²) < 4.78 is 6.03. The lowest BCUT2D eigenvalue weighted by atomic mass is 9.81. The van der Waals surface area contributed by atoms with Crippen molar-refractivity contribution >= 4 is 77.2 Å². The van der Waals surface area contributed by atoms with Gasteiger partial charge in [0.2, 0.25) is 11.8 Å². The van der Waals surface area contributed by atoms with Gasteiger partial charge in [-0.1, -0.05) is 47.8 Å². The third-order valence-electron chi connectivity index (χ3n) is 6.54. The molecule has 1 saturated heterocycles. The summed E-state index contributed by atoms with van der Waals surface area (Å²) in [6, 6.07) is 4.25. The number of fused-ring (bicyclic) bond motifs is 5. The van der Waals surface area contributed by atoms with Crippen molar-refractivity contribution in [1.82, 2.24) is 4.90 Å². The Hall–Kier alpha value is -1.26. The van der Waals surface area contributed by atoms with Crippen molar-refractivity contribution in [2.45, 2.75) is 36.0 Å². The van der Waals surface area contributed by atoms with E-state index in [2.05, 4.69) is 53.1 Å². The maximum Gasteiger partial charge on any atom is 0.329 e. The van der Waals surface area contributed by atoms with Crippen molar-refractivity contribution in [2.24, 2.45) is 23.7 Å². The van der Waals surface area contributed by atoms with Gasteiger partial charge in [0.15, 0.2) is 6.61 Å². The number of anilines is 1. The normalized spacial score (nSPS) is 32.2. The predicted molar refractivity (Wildman–Crippen MR) is 124 cm³/mol. The van der Waals surface area contributed by atoms with E-state index >= 15 is 0 Å². The average molecular weight is 621 g/mol. The first-order chi connectivity index (χ1) is 14.6. The Morgan fingerprint density at radius 1 is 1.16 bits per heavy atom. The minimum Gasteiger partial charge on any atom is -0.454 e. The molecule has 7 nitrogen and oxygen atoms in total. The second kappa shape index (κ2) is 8.59. The number of imide groups is 1. The fraction of sp³-hybridized carbons (Fsp3) is 0.524. The van der Waals surface area contributed by atoms with Crippen molar-refractivity contribution in [3.8, 4) is 0 Å². The zero-order valence-electron chi connectivity index (χ0n) is 16.8. The molecule has 166 valence electrons. The van der Waals surface area contributed by atoms with E-state index in [0.717, 1.165) is 21.4 Å². The molecule has 0 unspecified atom stereocenters. The molecule has 7 atom stereocenters. The Kier molecular flexibility index (Phi) is 6.35. The Bertz CT molecular complexity index is 938. The summed E-state index contributed by atoms with van der Waals surface area (Å²) in [5.41, 5.74) is 1.53. The fourth-order valence-electron chi connectivity index (χ4n) is 5.04. The smallest absolute Gasteiger partial charge is 0.329 e. The first kappa shape index (κ1) is 22.9. The number of benzene rings is 1. The summed E-state index contributed by atoms with van der Waals surface area (Å²) in [7, 11) is 0. The van der Waals surface area contributed by atoms with Crippen molar-refractivity contribution < 1.29 is 23.9 Å². The number of amides is 3. The number of halogens is 3. The number of carbonyl (C=O) groups excluding carboxylic acids is 4. The van der Waals surface area contributed by atoms with Gasteiger partial charge in [0.05, 0.1) is 11.8 Å². The molecule has 3 aliphatic rings. The summed E-state index contributed by atoms with van der Waals surface area (Å²) in [5.74, 6) is -2.54. The van der Waals surface area contributed by atoms with Gasteiger partial charge < -0.3 is 10.1 Å². The van der Waals surface area contributed by atoms with Crippen LogP contribution < -0.4 is 5.32 Å². The van der Waals surface area contributed by atoms with E-state index in [-0.39, 0.29) is 33.3 Å². The molecule has 2 aliphatic carbocycles. The van der Waals surface area contributed by atoms with E-state index < -0.39 is 36.4 Å². The molecule has 4 rings (SSSR count). The summed E-state index contributed by atoms with van der Waals surface area (Å²) in [4.78, 5) is 52.0. The van der Waals surface area contributed by atoms with Gasteiger partial charge in [0.25, 0.3) is 5.91 Å². The molecule has 3 fully saturated rings. The molecule has 1 aromatic carbocycles. The molecule has 1 aliphatic heterocycles. The highest BCUT2D eigenvalue weighted by Crippen LogP contribution is 2.60. The van der Waals surface area contributed by atoms with Gasteiger partial charge in [-0.2, -0.15) is 0 Å². The molecule has 1 N–H and O–H groups in total. The fourth-order valence-corrected chi connectivity index (χ4v) is 7.16.